The minimum atomic E-state index is -1.61. The van der Waals surface area contributed by atoms with E-state index in [1.807, 2.05) is 6.08 Å². The number of carbonyl (C=O) groups excluding carboxylic acids is 1. The molecule has 1 amide bonds. The second kappa shape index (κ2) is 38.5. The summed E-state index contributed by atoms with van der Waals surface area (Å²) in [5, 5.41) is 64.6. The van der Waals surface area contributed by atoms with E-state index in [9.17, 15) is 35.4 Å². The number of nitrogens with one attached hydrogen (secondary N) is 1. The van der Waals surface area contributed by atoms with Crippen LogP contribution in [0.5, 0.6) is 0 Å². The van der Waals surface area contributed by atoms with E-state index < -0.39 is 61.5 Å². The van der Waals surface area contributed by atoms with Crippen molar-refractivity contribution in [2.45, 2.75) is 262 Å². The summed E-state index contributed by atoms with van der Waals surface area (Å²) in [4.78, 5) is 13.0. The van der Waals surface area contributed by atoms with Crippen molar-refractivity contribution in [2.24, 2.45) is 0 Å². The summed E-state index contributed by atoms with van der Waals surface area (Å²) >= 11 is 0. The van der Waals surface area contributed by atoms with Crippen LogP contribution in [0.25, 0.3) is 0 Å². The molecule has 1 aliphatic heterocycles. The maximum Gasteiger partial charge on any atom is 0.249 e. The molecule has 10 nitrogen and oxygen atoms in total. The van der Waals surface area contributed by atoms with E-state index in [0.717, 1.165) is 44.9 Å². The van der Waals surface area contributed by atoms with Gasteiger partial charge in [0.05, 0.1) is 25.4 Å². The van der Waals surface area contributed by atoms with Gasteiger partial charge in [-0.1, -0.05) is 192 Å². The van der Waals surface area contributed by atoms with Gasteiger partial charge in [0.2, 0.25) is 5.91 Å². The Morgan fingerprint density at radius 1 is 0.586 bits per heavy atom. The molecule has 0 radical (unpaired) electrons. The maximum absolute atomic E-state index is 13.0. The van der Waals surface area contributed by atoms with Crippen LogP contribution in [-0.2, 0) is 14.3 Å². The highest BCUT2D eigenvalue weighted by atomic mass is 16.7. The van der Waals surface area contributed by atoms with Gasteiger partial charge in [-0.2, -0.15) is 0 Å². The van der Waals surface area contributed by atoms with Crippen molar-refractivity contribution in [2.75, 3.05) is 13.2 Å². The van der Waals surface area contributed by atoms with Gasteiger partial charge in [-0.25, -0.2) is 0 Å². The van der Waals surface area contributed by atoms with Gasteiger partial charge < -0.3 is 45.4 Å². The first-order valence-corrected chi connectivity index (χ1v) is 24.2. The van der Waals surface area contributed by atoms with Gasteiger partial charge in [0, 0.05) is 0 Å². The van der Waals surface area contributed by atoms with E-state index in [-0.39, 0.29) is 6.61 Å². The molecule has 8 atom stereocenters. The molecule has 0 aromatic heterocycles. The molecule has 1 fully saturated rings. The molecular weight excluding hydrogens is 735 g/mol. The molecule has 10 heteroatoms. The number of unbranched alkanes of at least 4 members (excludes halogenated alkanes) is 27. The highest BCUT2D eigenvalue weighted by Gasteiger charge is 2.44. The average Bonchev–Trinajstić information content (AvgIpc) is 3.22. The normalized spacial score (nSPS) is 21.6. The fraction of sp³-hybridized carbons (Fsp3) is 0.896. The van der Waals surface area contributed by atoms with Crippen molar-refractivity contribution in [1.82, 2.24) is 5.32 Å². The van der Waals surface area contributed by atoms with Crippen LogP contribution >= 0.6 is 0 Å². The third kappa shape index (κ3) is 28.2. The number of rotatable bonds is 40. The molecular formula is C48H91NO9. The molecule has 58 heavy (non-hydrogen) atoms. The van der Waals surface area contributed by atoms with Crippen LogP contribution < -0.4 is 5.32 Å². The van der Waals surface area contributed by atoms with Gasteiger partial charge in [-0.15, -0.1) is 0 Å². The summed E-state index contributed by atoms with van der Waals surface area (Å²) in [6.45, 7) is 3.59. The van der Waals surface area contributed by atoms with E-state index in [0.29, 0.717) is 12.8 Å². The Morgan fingerprint density at radius 2 is 1.00 bits per heavy atom. The summed E-state index contributed by atoms with van der Waals surface area (Å²) in [7, 11) is 0. The number of amides is 1. The maximum atomic E-state index is 13.0. The minimum absolute atomic E-state index is 0.304. The smallest absolute Gasteiger partial charge is 0.249 e. The Hall–Kier alpha value is -1.37. The van der Waals surface area contributed by atoms with Gasteiger partial charge >= 0.3 is 0 Å². The molecule has 0 aliphatic carbocycles. The number of aliphatic hydroxyl groups excluding tert-OH is 6. The zero-order chi connectivity index (χ0) is 42.5. The fourth-order valence-electron chi connectivity index (χ4n) is 7.63. The topological polar surface area (TPSA) is 169 Å². The molecule has 0 aromatic carbocycles. The molecule has 0 saturated carbocycles. The summed E-state index contributed by atoms with van der Waals surface area (Å²) < 4.78 is 11.1. The molecule has 7 N–H and O–H groups in total. The van der Waals surface area contributed by atoms with E-state index in [1.165, 1.54) is 141 Å². The number of carbonyl (C=O) groups is 1. The van der Waals surface area contributed by atoms with Crippen LogP contribution in [0, 0.1) is 0 Å². The molecule has 0 bridgehead atoms. The lowest BCUT2D eigenvalue weighted by Crippen LogP contribution is -2.60. The Kier molecular flexibility index (Phi) is 36.3. The molecule has 0 aromatic rings. The SMILES string of the molecule is CCCCCCCCCCC/C=C/C(O)C(COC1OC(CO)C(O)C(O)C1O)NC(=O)C(O)CCCCCCCC/C=C\CCCCCCCCCCCCCC. The van der Waals surface area contributed by atoms with Gasteiger partial charge in [-0.3, -0.25) is 4.79 Å². The summed E-state index contributed by atoms with van der Waals surface area (Å²) in [5.74, 6) is -0.621. The van der Waals surface area contributed by atoms with Crippen molar-refractivity contribution in [3.63, 3.8) is 0 Å². The summed E-state index contributed by atoms with van der Waals surface area (Å²) in [5.41, 5.74) is 0. The van der Waals surface area contributed by atoms with Crippen LogP contribution in [0.4, 0.5) is 0 Å². The first-order chi connectivity index (χ1) is 28.3. The van der Waals surface area contributed by atoms with E-state index >= 15 is 0 Å². The highest BCUT2D eigenvalue weighted by molar-refractivity contribution is 5.80. The van der Waals surface area contributed by atoms with Gasteiger partial charge in [0.25, 0.3) is 0 Å². The quantitative estimate of drug-likeness (QED) is 0.0235. The average molecular weight is 826 g/mol. The van der Waals surface area contributed by atoms with E-state index in [1.54, 1.807) is 6.08 Å². The van der Waals surface area contributed by atoms with Gasteiger partial charge in [-0.05, 0) is 44.9 Å². The minimum Gasteiger partial charge on any atom is -0.394 e. The third-order valence-electron chi connectivity index (χ3n) is 11.6. The monoisotopic (exact) mass is 826 g/mol. The third-order valence-corrected chi connectivity index (χ3v) is 11.6. The number of hydrogen-bond donors (Lipinski definition) is 7. The predicted molar refractivity (Wildman–Crippen MR) is 236 cm³/mol. The van der Waals surface area contributed by atoms with Gasteiger partial charge in [0.1, 0.15) is 30.5 Å². The van der Waals surface area contributed by atoms with Crippen LogP contribution in [0.1, 0.15) is 213 Å². The van der Waals surface area contributed by atoms with Crippen molar-refractivity contribution >= 4 is 5.91 Å². The van der Waals surface area contributed by atoms with E-state index in [2.05, 4.69) is 31.3 Å². The predicted octanol–water partition coefficient (Wildman–Crippen LogP) is 9.25. The Morgan fingerprint density at radius 3 is 1.45 bits per heavy atom. The lowest BCUT2D eigenvalue weighted by molar-refractivity contribution is -0.302. The van der Waals surface area contributed by atoms with Crippen molar-refractivity contribution < 1.29 is 44.9 Å². The van der Waals surface area contributed by atoms with Crippen LogP contribution in [0.2, 0.25) is 0 Å². The molecule has 1 saturated heterocycles. The van der Waals surface area contributed by atoms with Crippen LogP contribution in [0.15, 0.2) is 24.3 Å². The second-order valence-corrected chi connectivity index (χ2v) is 17.0. The first-order valence-electron chi connectivity index (χ1n) is 24.2. The number of hydrogen-bond acceptors (Lipinski definition) is 9. The van der Waals surface area contributed by atoms with Crippen LogP contribution in [-0.4, -0.2) is 98.7 Å². The van der Waals surface area contributed by atoms with E-state index in [4.69, 9.17) is 9.47 Å². The molecule has 1 rings (SSSR count). The molecule has 1 aliphatic rings. The Labute approximate surface area is 354 Å². The molecule has 342 valence electrons. The standard InChI is InChI=1S/C48H91NO9/c1-3-5-7-9-11-13-15-16-17-18-19-20-21-22-23-24-25-27-29-31-33-35-37-42(52)47(56)49-40(39-57-48-46(55)45(54)44(53)43(38-50)58-48)41(51)36-34-32-30-28-26-14-12-10-8-6-4-2/h22-23,34,36,40-46,48,50-55H,3-21,24-33,35,37-39H2,1-2H3,(H,49,56)/b23-22-,36-34+. The second-order valence-electron chi connectivity index (χ2n) is 17.0. The van der Waals surface area contributed by atoms with Crippen LogP contribution in [0.3, 0.4) is 0 Å². The summed E-state index contributed by atoms with van der Waals surface area (Å²) in [6.07, 6.45) is 35.6. The molecule has 0 spiro atoms. The Balaban J connectivity index is 2.32. The van der Waals surface area contributed by atoms with Crippen molar-refractivity contribution in [3.8, 4) is 0 Å². The number of allylic oxidation sites excluding steroid dienone is 3. The fourth-order valence-corrected chi connectivity index (χ4v) is 7.63. The van der Waals surface area contributed by atoms with Gasteiger partial charge in [0.15, 0.2) is 6.29 Å². The first kappa shape index (κ1) is 54.6. The molecule has 8 unspecified atom stereocenters. The number of ether oxygens (including phenoxy) is 2. The highest BCUT2D eigenvalue weighted by Crippen LogP contribution is 2.23. The largest absolute Gasteiger partial charge is 0.394 e. The summed E-state index contributed by atoms with van der Waals surface area (Å²) in [6, 6.07) is -0.979. The molecule has 1 heterocycles. The lowest BCUT2D eigenvalue weighted by Gasteiger charge is -2.40. The zero-order valence-electron chi connectivity index (χ0n) is 37.2. The Bertz CT molecular complexity index is 979. The zero-order valence-corrected chi connectivity index (χ0v) is 37.2. The van der Waals surface area contributed by atoms with Crippen molar-refractivity contribution in [3.05, 3.63) is 24.3 Å². The number of aliphatic hydroxyl groups is 6. The van der Waals surface area contributed by atoms with Crippen molar-refractivity contribution in [1.29, 1.82) is 0 Å². The lowest BCUT2D eigenvalue weighted by atomic mass is 9.99.